The lowest BCUT2D eigenvalue weighted by molar-refractivity contribution is 0.514. The third-order valence-electron chi connectivity index (χ3n) is 3.20. The number of nitrogens with one attached hydrogen (secondary N) is 1. The van der Waals surface area contributed by atoms with Gasteiger partial charge in [0.15, 0.2) is 0 Å². The van der Waals surface area contributed by atoms with Gasteiger partial charge in [-0.1, -0.05) is 56.3 Å². The van der Waals surface area contributed by atoms with Crippen molar-refractivity contribution in [3.8, 4) is 0 Å². The van der Waals surface area contributed by atoms with Gasteiger partial charge in [0.25, 0.3) is 0 Å². The van der Waals surface area contributed by atoms with E-state index in [4.69, 9.17) is 11.6 Å². The number of benzene rings is 1. The van der Waals surface area contributed by atoms with E-state index in [0.717, 1.165) is 18.0 Å². The summed E-state index contributed by atoms with van der Waals surface area (Å²) in [5.74, 6) is 0. The summed E-state index contributed by atoms with van der Waals surface area (Å²) in [5, 5.41) is 4.42. The first-order valence-electron chi connectivity index (χ1n) is 7.20. The van der Waals surface area contributed by atoms with E-state index in [1.807, 2.05) is 12.1 Å². The van der Waals surface area contributed by atoms with Crippen molar-refractivity contribution in [2.75, 3.05) is 6.54 Å². The molecule has 0 saturated carbocycles. The Morgan fingerprint density at radius 1 is 1.17 bits per heavy atom. The summed E-state index contributed by atoms with van der Waals surface area (Å²) in [6, 6.07) is 8.67. The molecule has 0 aliphatic carbocycles. The zero-order valence-electron chi connectivity index (χ0n) is 11.7. The van der Waals surface area contributed by atoms with Crippen molar-refractivity contribution in [2.45, 2.75) is 58.4 Å². The Hall–Kier alpha value is -0.530. The second kappa shape index (κ2) is 9.41. The molecule has 1 nitrogen and oxygen atoms in total. The van der Waals surface area contributed by atoms with Crippen LogP contribution in [0.25, 0.3) is 0 Å². The van der Waals surface area contributed by atoms with Gasteiger partial charge in [-0.15, -0.1) is 0 Å². The van der Waals surface area contributed by atoms with Gasteiger partial charge in [-0.2, -0.15) is 0 Å². The summed E-state index contributed by atoms with van der Waals surface area (Å²) in [4.78, 5) is 0. The molecular formula is C16H26ClN. The molecule has 0 spiro atoms. The van der Waals surface area contributed by atoms with Crippen LogP contribution in [0.1, 0.15) is 51.5 Å². The number of unbranched alkanes of at least 4 members (excludes halogenated alkanes) is 4. The summed E-state index contributed by atoms with van der Waals surface area (Å²) in [5.41, 5.74) is 1.31. The number of rotatable bonds is 9. The maximum absolute atomic E-state index is 5.98. The van der Waals surface area contributed by atoms with Crippen LogP contribution in [0.5, 0.6) is 0 Å². The summed E-state index contributed by atoms with van der Waals surface area (Å²) in [6.45, 7) is 5.63. The molecule has 1 unspecified atom stereocenters. The maximum Gasteiger partial charge on any atom is 0.0408 e. The molecule has 102 valence electrons. The fourth-order valence-corrected chi connectivity index (χ4v) is 2.38. The Labute approximate surface area is 117 Å². The average molecular weight is 268 g/mol. The third kappa shape index (κ3) is 7.03. The van der Waals surface area contributed by atoms with E-state index in [1.54, 1.807) is 0 Å². The molecule has 0 saturated heterocycles. The Bertz CT molecular complexity index is 325. The zero-order chi connectivity index (χ0) is 13.2. The van der Waals surface area contributed by atoms with Crippen molar-refractivity contribution < 1.29 is 0 Å². The molecule has 18 heavy (non-hydrogen) atoms. The predicted octanol–water partition coefficient (Wildman–Crippen LogP) is 4.83. The Morgan fingerprint density at radius 3 is 2.67 bits per heavy atom. The van der Waals surface area contributed by atoms with Gasteiger partial charge in [0, 0.05) is 11.1 Å². The molecule has 0 fully saturated rings. The molecule has 0 aliphatic rings. The van der Waals surface area contributed by atoms with Crippen molar-refractivity contribution in [3.63, 3.8) is 0 Å². The molecule has 0 heterocycles. The fourth-order valence-electron chi connectivity index (χ4n) is 2.17. The third-order valence-corrected chi connectivity index (χ3v) is 3.44. The Balaban J connectivity index is 2.12. The Kier molecular flexibility index (Phi) is 8.11. The van der Waals surface area contributed by atoms with Gasteiger partial charge in [0.2, 0.25) is 0 Å². The summed E-state index contributed by atoms with van der Waals surface area (Å²) in [6.07, 6.45) is 7.76. The minimum absolute atomic E-state index is 0.523. The highest BCUT2D eigenvalue weighted by Gasteiger charge is 2.02. The van der Waals surface area contributed by atoms with E-state index in [-0.39, 0.29) is 0 Å². The standard InChI is InChI=1S/C16H26ClN/c1-3-4-5-6-7-11-18-14(2)12-15-9-8-10-16(17)13-15/h8-10,13-14,18H,3-7,11-12H2,1-2H3. The van der Waals surface area contributed by atoms with Gasteiger partial charge in [-0.05, 0) is 44.0 Å². The van der Waals surface area contributed by atoms with Crippen LogP contribution in [0.4, 0.5) is 0 Å². The lowest BCUT2D eigenvalue weighted by atomic mass is 10.1. The SMILES string of the molecule is CCCCCCCNC(C)Cc1cccc(Cl)c1. The number of hydrogen-bond donors (Lipinski definition) is 1. The van der Waals surface area contributed by atoms with Crippen molar-refractivity contribution in [1.82, 2.24) is 5.32 Å². The Morgan fingerprint density at radius 2 is 1.94 bits per heavy atom. The highest BCUT2D eigenvalue weighted by molar-refractivity contribution is 6.30. The van der Waals surface area contributed by atoms with Crippen LogP contribution in [0.15, 0.2) is 24.3 Å². The van der Waals surface area contributed by atoms with Gasteiger partial charge in [-0.25, -0.2) is 0 Å². The van der Waals surface area contributed by atoms with Crippen LogP contribution in [0.3, 0.4) is 0 Å². The van der Waals surface area contributed by atoms with E-state index in [9.17, 15) is 0 Å². The highest BCUT2D eigenvalue weighted by Crippen LogP contribution is 2.12. The topological polar surface area (TPSA) is 12.0 Å². The lowest BCUT2D eigenvalue weighted by Crippen LogP contribution is -2.28. The molecule has 0 amide bonds. The minimum Gasteiger partial charge on any atom is -0.314 e. The molecule has 0 aliphatic heterocycles. The van der Waals surface area contributed by atoms with E-state index in [0.29, 0.717) is 6.04 Å². The van der Waals surface area contributed by atoms with Gasteiger partial charge >= 0.3 is 0 Å². The molecule has 0 radical (unpaired) electrons. The van der Waals surface area contributed by atoms with Crippen LogP contribution in [-0.2, 0) is 6.42 Å². The molecule has 0 aromatic heterocycles. The van der Waals surface area contributed by atoms with E-state index >= 15 is 0 Å². The van der Waals surface area contributed by atoms with Crippen LogP contribution < -0.4 is 5.32 Å². The molecule has 1 aromatic carbocycles. The smallest absolute Gasteiger partial charge is 0.0408 e. The average Bonchev–Trinajstić information content (AvgIpc) is 2.33. The summed E-state index contributed by atoms with van der Waals surface area (Å²) >= 11 is 5.98. The van der Waals surface area contributed by atoms with E-state index < -0.39 is 0 Å². The second-order valence-corrected chi connectivity index (χ2v) is 5.54. The fraction of sp³-hybridized carbons (Fsp3) is 0.625. The highest BCUT2D eigenvalue weighted by atomic mass is 35.5. The van der Waals surface area contributed by atoms with Crippen molar-refractivity contribution in [1.29, 1.82) is 0 Å². The first-order chi connectivity index (χ1) is 8.72. The van der Waals surface area contributed by atoms with Crippen LogP contribution in [0, 0.1) is 0 Å². The maximum atomic E-state index is 5.98. The predicted molar refractivity (Wildman–Crippen MR) is 81.4 cm³/mol. The van der Waals surface area contributed by atoms with Crippen molar-refractivity contribution >= 4 is 11.6 Å². The van der Waals surface area contributed by atoms with Gasteiger partial charge in [0.05, 0.1) is 0 Å². The summed E-state index contributed by atoms with van der Waals surface area (Å²) < 4.78 is 0. The first kappa shape index (κ1) is 15.5. The largest absolute Gasteiger partial charge is 0.314 e. The van der Waals surface area contributed by atoms with Crippen LogP contribution in [0.2, 0.25) is 5.02 Å². The summed E-state index contributed by atoms with van der Waals surface area (Å²) in [7, 11) is 0. The quantitative estimate of drug-likeness (QED) is 0.632. The van der Waals surface area contributed by atoms with Crippen LogP contribution in [-0.4, -0.2) is 12.6 Å². The molecule has 1 aromatic rings. The van der Waals surface area contributed by atoms with Crippen LogP contribution >= 0.6 is 11.6 Å². The number of halogens is 1. The minimum atomic E-state index is 0.523. The number of hydrogen-bond acceptors (Lipinski definition) is 1. The molecule has 1 N–H and O–H groups in total. The molecule has 1 atom stereocenters. The molecule has 1 rings (SSSR count). The monoisotopic (exact) mass is 267 g/mol. The van der Waals surface area contributed by atoms with Crippen molar-refractivity contribution in [3.05, 3.63) is 34.9 Å². The van der Waals surface area contributed by atoms with Gasteiger partial charge in [0.1, 0.15) is 0 Å². The first-order valence-corrected chi connectivity index (χ1v) is 7.58. The molecular weight excluding hydrogens is 242 g/mol. The van der Waals surface area contributed by atoms with E-state index in [2.05, 4.69) is 31.3 Å². The van der Waals surface area contributed by atoms with Gasteiger partial charge < -0.3 is 5.32 Å². The van der Waals surface area contributed by atoms with E-state index in [1.165, 1.54) is 37.7 Å². The zero-order valence-corrected chi connectivity index (χ0v) is 12.5. The lowest BCUT2D eigenvalue weighted by Gasteiger charge is -2.14. The normalized spacial score (nSPS) is 12.6. The molecule has 2 heteroatoms. The van der Waals surface area contributed by atoms with Gasteiger partial charge in [-0.3, -0.25) is 0 Å². The second-order valence-electron chi connectivity index (χ2n) is 5.10. The molecule has 0 bridgehead atoms. The van der Waals surface area contributed by atoms with Crippen molar-refractivity contribution in [2.24, 2.45) is 0 Å².